The standard InChI is InChI=1S/C28H34N2O5/c1-3-19(13-26(31)30-15-18(2)12-20(16-30)27(32)33)14-29-28(34)35-17-25-23-10-6-4-8-21(23)22-9-5-7-11-24(22)25/h4-11,18-20,25H,3,12-17H2,1-2H3,(H,29,34)(H,32,33). The van der Waals surface area contributed by atoms with Crippen LogP contribution in [0.2, 0.25) is 0 Å². The van der Waals surface area contributed by atoms with Crippen molar-refractivity contribution in [1.29, 1.82) is 0 Å². The highest BCUT2D eigenvalue weighted by Crippen LogP contribution is 2.44. The largest absolute Gasteiger partial charge is 0.481 e. The van der Waals surface area contributed by atoms with E-state index in [0.29, 0.717) is 19.5 Å². The maximum atomic E-state index is 12.8. The second-order valence-corrected chi connectivity index (χ2v) is 9.86. The van der Waals surface area contributed by atoms with Crippen LogP contribution < -0.4 is 5.32 Å². The Morgan fingerprint density at radius 1 is 1.06 bits per heavy atom. The SMILES string of the molecule is CCC(CNC(=O)OCC1c2ccccc2-c2ccccc21)CC(=O)N1CC(C)CC(C(=O)O)C1. The molecule has 7 nitrogen and oxygen atoms in total. The fourth-order valence-corrected chi connectivity index (χ4v) is 5.35. The molecular weight excluding hydrogens is 444 g/mol. The molecule has 1 aliphatic carbocycles. The van der Waals surface area contributed by atoms with Crippen molar-refractivity contribution in [2.45, 2.75) is 39.0 Å². The van der Waals surface area contributed by atoms with E-state index in [4.69, 9.17) is 4.74 Å². The quantitative estimate of drug-likeness (QED) is 0.582. The number of carbonyl (C=O) groups is 3. The van der Waals surface area contributed by atoms with E-state index in [-0.39, 0.29) is 43.2 Å². The van der Waals surface area contributed by atoms with Crippen molar-refractivity contribution < 1.29 is 24.2 Å². The first-order chi connectivity index (χ1) is 16.9. The van der Waals surface area contributed by atoms with Gasteiger partial charge >= 0.3 is 12.1 Å². The summed E-state index contributed by atoms with van der Waals surface area (Å²) >= 11 is 0. The molecule has 1 fully saturated rings. The van der Waals surface area contributed by atoms with Gasteiger partial charge in [-0.3, -0.25) is 9.59 Å². The minimum absolute atomic E-state index is 0.0000259. The highest BCUT2D eigenvalue weighted by Gasteiger charge is 2.33. The number of benzene rings is 2. The van der Waals surface area contributed by atoms with Crippen LogP contribution in [0, 0.1) is 17.8 Å². The van der Waals surface area contributed by atoms with Crippen LogP contribution in [0.1, 0.15) is 50.2 Å². The third-order valence-electron chi connectivity index (χ3n) is 7.28. The third kappa shape index (κ3) is 5.66. The number of nitrogens with one attached hydrogen (secondary N) is 1. The van der Waals surface area contributed by atoms with Crippen LogP contribution >= 0.6 is 0 Å². The Kier molecular flexibility index (Phi) is 7.73. The molecule has 186 valence electrons. The fourth-order valence-electron chi connectivity index (χ4n) is 5.35. The number of alkyl carbamates (subject to hydrolysis) is 1. The van der Waals surface area contributed by atoms with Gasteiger partial charge in [0.15, 0.2) is 0 Å². The summed E-state index contributed by atoms with van der Waals surface area (Å²) in [6, 6.07) is 16.4. The highest BCUT2D eigenvalue weighted by molar-refractivity contribution is 5.79. The molecule has 1 saturated heterocycles. The number of ether oxygens (including phenoxy) is 1. The summed E-state index contributed by atoms with van der Waals surface area (Å²) in [4.78, 5) is 38.4. The predicted molar refractivity (Wildman–Crippen MR) is 133 cm³/mol. The van der Waals surface area contributed by atoms with Gasteiger partial charge in [0.2, 0.25) is 5.91 Å². The van der Waals surface area contributed by atoms with Gasteiger partial charge < -0.3 is 20.1 Å². The zero-order chi connectivity index (χ0) is 24.9. The lowest BCUT2D eigenvalue weighted by Crippen LogP contribution is -2.46. The Bertz CT molecular complexity index is 1040. The molecule has 2 aromatic carbocycles. The average Bonchev–Trinajstić information content (AvgIpc) is 3.18. The van der Waals surface area contributed by atoms with E-state index in [1.807, 2.05) is 38.1 Å². The van der Waals surface area contributed by atoms with Gasteiger partial charge in [-0.2, -0.15) is 0 Å². The number of hydrogen-bond acceptors (Lipinski definition) is 4. The van der Waals surface area contributed by atoms with E-state index in [9.17, 15) is 19.5 Å². The average molecular weight is 479 g/mol. The zero-order valence-corrected chi connectivity index (χ0v) is 20.4. The van der Waals surface area contributed by atoms with Crippen LogP contribution in [0.3, 0.4) is 0 Å². The normalized spacial score (nSPS) is 20.0. The lowest BCUT2D eigenvalue weighted by Gasteiger charge is -2.35. The monoisotopic (exact) mass is 478 g/mol. The Labute approximate surface area is 206 Å². The molecule has 3 atom stereocenters. The molecule has 0 spiro atoms. The molecule has 3 unspecified atom stereocenters. The molecule has 0 bridgehead atoms. The summed E-state index contributed by atoms with van der Waals surface area (Å²) in [6.07, 6.45) is 1.11. The molecular formula is C28H34N2O5. The number of hydrogen-bond donors (Lipinski definition) is 2. The van der Waals surface area contributed by atoms with E-state index in [0.717, 1.165) is 17.5 Å². The molecule has 0 radical (unpaired) electrons. The minimum atomic E-state index is -0.849. The fraction of sp³-hybridized carbons (Fsp3) is 0.464. The minimum Gasteiger partial charge on any atom is -0.481 e. The van der Waals surface area contributed by atoms with Crippen molar-refractivity contribution in [2.75, 3.05) is 26.2 Å². The van der Waals surface area contributed by atoms with Gasteiger partial charge in [-0.1, -0.05) is 68.8 Å². The maximum absolute atomic E-state index is 12.8. The molecule has 4 rings (SSSR count). The van der Waals surface area contributed by atoms with Crippen molar-refractivity contribution in [2.24, 2.45) is 17.8 Å². The van der Waals surface area contributed by atoms with E-state index in [1.54, 1.807) is 4.90 Å². The molecule has 35 heavy (non-hydrogen) atoms. The predicted octanol–water partition coefficient (Wildman–Crippen LogP) is 4.51. The molecule has 2 amide bonds. The van der Waals surface area contributed by atoms with Crippen LogP contribution in [0.25, 0.3) is 11.1 Å². The number of likely N-dealkylation sites (tertiary alicyclic amines) is 1. The van der Waals surface area contributed by atoms with E-state index < -0.39 is 18.0 Å². The van der Waals surface area contributed by atoms with Crippen molar-refractivity contribution in [3.8, 4) is 11.1 Å². The molecule has 7 heteroatoms. The van der Waals surface area contributed by atoms with Crippen LogP contribution in [0.5, 0.6) is 0 Å². The summed E-state index contributed by atoms with van der Waals surface area (Å²) < 4.78 is 5.60. The summed E-state index contributed by atoms with van der Waals surface area (Å²) in [5.41, 5.74) is 4.68. The van der Waals surface area contributed by atoms with E-state index >= 15 is 0 Å². The smallest absolute Gasteiger partial charge is 0.407 e. The molecule has 0 aromatic heterocycles. The molecule has 1 heterocycles. The number of carboxylic acids is 1. The van der Waals surface area contributed by atoms with Gasteiger partial charge in [-0.05, 0) is 40.5 Å². The van der Waals surface area contributed by atoms with Crippen molar-refractivity contribution >= 4 is 18.0 Å². The van der Waals surface area contributed by atoms with Gasteiger partial charge in [0.05, 0.1) is 5.92 Å². The molecule has 2 N–H and O–H groups in total. The third-order valence-corrected chi connectivity index (χ3v) is 7.28. The van der Waals surface area contributed by atoms with Crippen LogP contribution in [-0.4, -0.2) is 54.2 Å². The van der Waals surface area contributed by atoms with Gasteiger partial charge in [0, 0.05) is 32.0 Å². The summed E-state index contributed by atoms with van der Waals surface area (Å²) in [5, 5.41) is 12.2. The molecule has 1 aliphatic heterocycles. The Morgan fingerprint density at radius 3 is 2.29 bits per heavy atom. The topological polar surface area (TPSA) is 95.9 Å². The van der Waals surface area contributed by atoms with Gasteiger partial charge in [-0.25, -0.2) is 4.79 Å². The first kappa shape index (κ1) is 24.8. The van der Waals surface area contributed by atoms with Gasteiger partial charge in [0.25, 0.3) is 0 Å². The number of aliphatic carboxylic acids is 1. The Hall–Kier alpha value is -3.35. The van der Waals surface area contributed by atoms with E-state index in [2.05, 4.69) is 29.6 Å². The first-order valence-corrected chi connectivity index (χ1v) is 12.5. The van der Waals surface area contributed by atoms with Gasteiger partial charge in [0.1, 0.15) is 6.61 Å². The number of rotatable bonds is 8. The number of carboxylic acid groups (broad SMARTS) is 1. The Morgan fingerprint density at radius 2 is 1.69 bits per heavy atom. The molecule has 0 saturated carbocycles. The number of carbonyl (C=O) groups excluding carboxylic acids is 2. The summed E-state index contributed by atoms with van der Waals surface area (Å²) in [6.45, 7) is 5.39. The Balaban J connectivity index is 1.28. The van der Waals surface area contributed by atoms with Crippen LogP contribution in [0.15, 0.2) is 48.5 Å². The lowest BCUT2D eigenvalue weighted by atomic mass is 9.89. The molecule has 2 aliphatic rings. The number of piperidine rings is 1. The number of amides is 2. The van der Waals surface area contributed by atoms with Crippen LogP contribution in [-0.2, 0) is 14.3 Å². The maximum Gasteiger partial charge on any atom is 0.407 e. The second kappa shape index (κ2) is 10.9. The summed E-state index contributed by atoms with van der Waals surface area (Å²) in [5.74, 6) is -1.29. The van der Waals surface area contributed by atoms with Gasteiger partial charge in [-0.15, -0.1) is 0 Å². The second-order valence-electron chi connectivity index (χ2n) is 9.86. The van der Waals surface area contributed by atoms with Crippen LogP contribution in [0.4, 0.5) is 4.79 Å². The number of fused-ring (bicyclic) bond motifs is 3. The number of nitrogens with zero attached hydrogens (tertiary/aromatic N) is 1. The first-order valence-electron chi connectivity index (χ1n) is 12.5. The highest BCUT2D eigenvalue weighted by atomic mass is 16.5. The molecule has 2 aromatic rings. The van der Waals surface area contributed by atoms with Crippen molar-refractivity contribution in [1.82, 2.24) is 10.2 Å². The van der Waals surface area contributed by atoms with Crippen molar-refractivity contribution in [3.05, 3.63) is 59.7 Å². The zero-order valence-electron chi connectivity index (χ0n) is 20.4. The lowest BCUT2D eigenvalue weighted by molar-refractivity contribution is -0.147. The van der Waals surface area contributed by atoms with E-state index in [1.165, 1.54) is 11.1 Å². The van der Waals surface area contributed by atoms with Crippen molar-refractivity contribution in [3.63, 3.8) is 0 Å². The summed E-state index contributed by atoms with van der Waals surface area (Å²) in [7, 11) is 0.